The molecule has 13 aromatic rings. The van der Waals surface area contributed by atoms with Gasteiger partial charge in [-0.05, 0) is 186 Å². The predicted molar refractivity (Wildman–Crippen MR) is 481 cm³/mol. The number of pyridine rings is 4. The minimum atomic E-state index is -0.758. The van der Waals surface area contributed by atoms with Crippen LogP contribution in [0, 0.1) is 24.5 Å². The average Bonchev–Trinajstić information content (AvgIpc) is 1.64. The maximum absolute atomic E-state index is 15.0. The van der Waals surface area contributed by atoms with Gasteiger partial charge in [0.15, 0.2) is 28.9 Å². The molecule has 10 N–H and O–H groups in total. The highest BCUT2D eigenvalue weighted by Gasteiger charge is 2.35. The molecule has 0 bridgehead atoms. The number of methoxy groups -OCH3 is 2. The summed E-state index contributed by atoms with van der Waals surface area (Å²) >= 11 is 30.7. The zero-order valence-corrected chi connectivity index (χ0v) is 72.4. The van der Waals surface area contributed by atoms with Crippen LogP contribution in [-0.2, 0) is 13.5 Å². The Balaban J connectivity index is 0.000000129. The van der Waals surface area contributed by atoms with Crippen molar-refractivity contribution >= 4 is 148 Å². The molecule has 6 aromatic heterocycles. The zero-order chi connectivity index (χ0) is 88.0. The van der Waals surface area contributed by atoms with Crippen molar-refractivity contribution in [2.75, 3.05) is 24.9 Å². The highest BCUT2D eigenvalue weighted by atomic mass is 35.5. The van der Waals surface area contributed by atoms with Crippen LogP contribution in [0.1, 0.15) is 123 Å². The first kappa shape index (κ1) is 87.2. The van der Waals surface area contributed by atoms with Gasteiger partial charge in [-0.15, -0.1) is 0 Å². The molecule has 18 rings (SSSR count). The van der Waals surface area contributed by atoms with E-state index in [0.717, 1.165) is 113 Å². The van der Waals surface area contributed by atoms with Gasteiger partial charge in [0.1, 0.15) is 61.5 Å². The van der Waals surface area contributed by atoms with Crippen molar-refractivity contribution in [3.8, 4) is 74.3 Å². The van der Waals surface area contributed by atoms with Gasteiger partial charge in [-0.2, -0.15) is 0 Å². The van der Waals surface area contributed by atoms with Crippen molar-refractivity contribution in [2.24, 2.45) is 24.4 Å². The first-order valence-electron chi connectivity index (χ1n) is 40.4. The highest BCUT2D eigenvalue weighted by Crippen LogP contribution is 2.44. The molecule has 0 radical (unpaired) electrons. The van der Waals surface area contributed by atoms with E-state index in [1.54, 1.807) is 73.4 Å². The molecule has 5 fully saturated rings. The first-order valence-corrected chi connectivity index (χ1v) is 42.3. The normalized spacial score (nSPS) is 15.0. The van der Waals surface area contributed by atoms with Crippen LogP contribution < -0.4 is 71.8 Å². The van der Waals surface area contributed by atoms with Gasteiger partial charge in [-0.25, -0.2) is 33.1 Å². The summed E-state index contributed by atoms with van der Waals surface area (Å²) in [6.45, 7) is 6.12. The van der Waals surface area contributed by atoms with Gasteiger partial charge in [0, 0.05) is 144 Å². The molecule has 34 heteroatoms. The maximum atomic E-state index is 15.0. The van der Waals surface area contributed by atoms with Crippen LogP contribution in [-0.4, -0.2) is 118 Å². The van der Waals surface area contributed by atoms with Gasteiger partial charge in [-0.1, -0.05) is 76.8 Å². The van der Waals surface area contributed by atoms with E-state index in [2.05, 4.69) is 75.7 Å². The molecule has 0 spiro atoms. The standard InChI is InChI=1S/C25H23ClFN5O2.C24H21ClFN5O2.C23H20Cl2N2O3S.C19H22N4O4/c1-14(2)32-12-20(29-13-32)15-3-6-17-19(11-15)28-10-9-21(17)34-22-8-7-18(23(26)24(22)27)31-25(33)30-16-4-5-16;1-13-28-19(12-31(13)2)14-3-6-16-18(11-14)27-10-9-20(16)33-21-8-7-17(22(25)23(21)26)30-24(32)29-15-4-5-15;1-29-21-10-20-16(9-17(21)23(26)28)22(19(25)11-27-20)30-14-5-4-13(18(24)8-14)7-15(31)6-12-2-3-12;1-26-17-9-15-13(8-14(17)18(20)24)16(4-5-21-15)27-12-6-11(7-12)23-19(25)22-10-2-3-10/h3,6-14,16H,4-5H2,1-2H3,(H2,30,31,33);3,6-12,15H,4-5H2,1-2H3,(H2,29,30,32);4-5,8-12H,2-3,6-7H2,1H3,(H2,26,28);4-5,8-12H,2-3,6-7H2,1H3,(H2,20,24)(H2,22,23,25). The van der Waals surface area contributed by atoms with Crippen molar-refractivity contribution in [1.29, 1.82) is 0 Å². The minimum absolute atomic E-state index is 0.000884. The average molecular weight is 1790 g/mol. The number of primary amides is 2. The van der Waals surface area contributed by atoms with Gasteiger partial charge in [-0.3, -0.25) is 29.5 Å². The Bertz CT molecular complexity index is 6340. The smallest absolute Gasteiger partial charge is 0.319 e. The Hall–Kier alpha value is -12.7. The minimum Gasteiger partial charge on any atom is -0.496 e. The summed E-state index contributed by atoms with van der Waals surface area (Å²) in [7, 11) is 4.88. The molecule has 0 atom stereocenters. The number of carbonyl (C=O) groups excluding carboxylic acids is 5. The quantitative estimate of drug-likeness (QED) is 0.0246. The molecule has 5 aliphatic rings. The lowest BCUT2D eigenvalue weighted by Crippen LogP contribution is -2.52. The Morgan fingerprint density at radius 3 is 1.52 bits per heavy atom. The monoisotopic (exact) mass is 1790 g/mol. The fourth-order valence-corrected chi connectivity index (χ4v) is 14.9. The Kier molecular flexibility index (Phi) is 26.6. The Morgan fingerprint density at radius 2 is 1.03 bits per heavy atom. The van der Waals surface area contributed by atoms with Crippen molar-refractivity contribution in [3.63, 3.8) is 0 Å². The lowest BCUT2D eigenvalue weighted by molar-refractivity contribution is 0.0899. The largest absolute Gasteiger partial charge is 0.496 e. The van der Waals surface area contributed by atoms with Crippen LogP contribution >= 0.6 is 58.6 Å². The summed E-state index contributed by atoms with van der Waals surface area (Å²) in [6, 6.07) is 34.6. The Morgan fingerprint density at radius 1 is 0.528 bits per heavy atom. The van der Waals surface area contributed by atoms with E-state index in [1.807, 2.05) is 84.0 Å². The summed E-state index contributed by atoms with van der Waals surface area (Å²) < 4.78 is 68.2. The van der Waals surface area contributed by atoms with Gasteiger partial charge in [0.05, 0.1) is 76.5 Å². The summed E-state index contributed by atoms with van der Waals surface area (Å²) in [5, 5.41) is 19.7. The van der Waals surface area contributed by atoms with Gasteiger partial charge < -0.3 is 80.9 Å². The lowest BCUT2D eigenvalue weighted by atomic mass is 9.89. The summed E-state index contributed by atoms with van der Waals surface area (Å²) in [6.07, 6.45) is 23.7. The molecule has 6 heterocycles. The summed E-state index contributed by atoms with van der Waals surface area (Å²) in [5.74, 6) is 1.92. The number of rotatable bonds is 25. The maximum Gasteiger partial charge on any atom is 0.319 e. The second-order valence-corrected chi connectivity index (χ2v) is 33.4. The fourth-order valence-electron chi connectivity index (χ4n) is 13.6. The molecular formula is C91H86Cl4F2N16O11S. The predicted octanol–water partition coefficient (Wildman–Crippen LogP) is 20.2. The molecule has 8 amide bonds. The van der Waals surface area contributed by atoms with E-state index >= 15 is 0 Å². The number of hydrogen-bond donors (Lipinski definition) is 8. The first-order chi connectivity index (χ1) is 60.1. The number of aromatic nitrogens is 8. The summed E-state index contributed by atoms with van der Waals surface area (Å²) in [5.41, 5.74) is 18.9. The third-order valence-corrected chi connectivity index (χ3v) is 23.0. The van der Waals surface area contributed by atoms with Crippen molar-refractivity contribution < 1.29 is 61.2 Å². The van der Waals surface area contributed by atoms with Crippen molar-refractivity contribution in [1.82, 2.24) is 60.3 Å². The van der Waals surface area contributed by atoms with Crippen LogP contribution in [0.5, 0.6) is 51.7 Å². The molecule has 0 saturated heterocycles. The van der Waals surface area contributed by atoms with Crippen LogP contribution in [0.2, 0.25) is 20.1 Å². The van der Waals surface area contributed by atoms with Crippen molar-refractivity contribution in [3.05, 3.63) is 219 Å². The van der Waals surface area contributed by atoms with Crippen LogP contribution in [0.3, 0.4) is 0 Å². The molecule has 0 unspecified atom stereocenters. The third kappa shape index (κ3) is 21.6. The zero-order valence-electron chi connectivity index (χ0n) is 68.5. The van der Waals surface area contributed by atoms with Gasteiger partial charge in [0.25, 0.3) is 11.8 Å². The van der Waals surface area contributed by atoms with Gasteiger partial charge >= 0.3 is 18.1 Å². The number of fused-ring (bicyclic) bond motifs is 4. The van der Waals surface area contributed by atoms with E-state index in [9.17, 15) is 32.8 Å². The van der Waals surface area contributed by atoms with E-state index in [-0.39, 0.29) is 74.3 Å². The molecule has 5 saturated carbocycles. The molecule has 125 heavy (non-hydrogen) atoms. The molecular weight excluding hydrogens is 1700 g/mol. The van der Waals surface area contributed by atoms with E-state index < -0.39 is 35.5 Å². The number of nitrogens with one attached hydrogen (secondary N) is 6. The highest BCUT2D eigenvalue weighted by molar-refractivity contribution is 7.80. The lowest BCUT2D eigenvalue weighted by Gasteiger charge is -2.36. The number of urea groups is 3. The second kappa shape index (κ2) is 38.2. The number of nitrogens with zero attached hydrogens (tertiary/aromatic N) is 8. The summed E-state index contributed by atoms with van der Waals surface area (Å²) in [4.78, 5) is 86.7. The molecule has 644 valence electrons. The topological polar surface area (TPSA) is 352 Å². The number of thiocarbonyl (C=S) groups is 1. The number of halogens is 6. The number of aryl methyl sites for hydroxylation is 2. The molecule has 27 nitrogen and oxygen atoms in total. The van der Waals surface area contributed by atoms with E-state index in [0.29, 0.717) is 102 Å². The SMILES string of the molecule is CC(C)n1cnc(-c2ccc3c(Oc4ccc(NC(=O)NC5CC5)c(Cl)c4F)ccnc3c2)c1.COc1cc2ncc(Cl)c(Oc3ccc(CC(=S)CC4CC4)c(Cl)c3)c2cc1C(N)=O.COc1cc2nccc(OC3CC(NC(=O)NC4CC4)C3)c2cc1C(N)=O.Cc1nc(-c2ccc3c(Oc4ccc(NC(=O)NC5CC5)c(Cl)c4F)ccnc3c2)cn1C. The number of anilines is 2. The number of ether oxygens (including phenoxy) is 6. The van der Waals surface area contributed by atoms with Crippen molar-refractivity contribution in [2.45, 2.75) is 134 Å². The number of benzene rings is 7. The van der Waals surface area contributed by atoms with Crippen LogP contribution in [0.15, 0.2) is 165 Å². The third-order valence-electron chi connectivity index (χ3n) is 21.3. The number of imidazole rings is 2. The van der Waals surface area contributed by atoms with Crippen LogP contribution in [0.4, 0.5) is 34.5 Å². The van der Waals surface area contributed by atoms with Gasteiger partial charge in [0.2, 0.25) is 0 Å². The molecule has 0 aliphatic heterocycles. The number of nitrogens with two attached hydrogens (primary N) is 2. The molecule has 5 aliphatic carbocycles. The second-order valence-electron chi connectivity index (χ2n) is 31.2. The number of amides is 8. The van der Waals surface area contributed by atoms with Crippen LogP contribution in [0.25, 0.3) is 66.1 Å². The fraction of sp³-hybridized carbons (Fsp3) is 0.275. The molecule has 7 aromatic carbocycles. The number of hydrogen-bond acceptors (Lipinski definition) is 18. The Labute approximate surface area is 741 Å². The number of carbonyl (C=O) groups is 5. The van der Waals surface area contributed by atoms with E-state index in [1.165, 1.54) is 57.5 Å². The van der Waals surface area contributed by atoms with E-state index in [4.69, 9.17) is 98.5 Å².